The number of fused-ring (bicyclic) bond motifs is 1. The number of hydrogen-bond donors (Lipinski definition) is 2. The molecule has 2 aromatic rings. The minimum Gasteiger partial charge on any atom is -0.506 e. The molecule has 7 heteroatoms. The Bertz CT molecular complexity index is 501. The van der Waals surface area contributed by atoms with E-state index in [1.165, 1.54) is 6.07 Å². The molecule has 0 unspecified atom stereocenters. The van der Waals surface area contributed by atoms with E-state index in [0.29, 0.717) is 0 Å². The van der Waals surface area contributed by atoms with E-state index >= 15 is 0 Å². The fraction of sp³-hybridized carbons (Fsp3) is 0. The van der Waals surface area contributed by atoms with Crippen LogP contribution >= 0.6 is 11.3 Å². The van der Waals surface area contributed by atoms with Gasteiger partial charge in [-0.15, -0.1) is 0 Å². The lowest BCUT2D eigenvalue weighted by molar-refractivity contribution is 0.211. The molecule has 1 aromatic carbocycles. The van der Waals surface area contributed by atoms with Crippen LogP contribution in [-0.2, 0) is 0 Å². The van der Waals surface area contributed by atoms with Gasteiger partial charge in [0.05, 0.1) is 4.70 Å². The van der Waals surface area contributed by atoms with Gasteiger partial charge in [-0.3, -0.25) is 0 Å². The summed E-state index contributed by atoms with van der Waals surface area (Å²) in [4.78, 5) is 14.1. The third-order valence-electron chi connectivity index (χ3n) is 1.64. The van der Waals surface area contributed by atoms with Crippen molar-refractivity contribution in [3.63, 3.8) is 0 Å². The third kappa shape index (κ3) is 1.68. The van der Waals surface area contributed by atoms with Crippen LogP contribution < -0.4 is 10.5 Å². The van der Waals surface area contributed by atoms with Gasteiger partial charge in [0.2, 0.25) is 0 Å². The Kier molecular flexibility index (Phi) is 2.16. The highest BCUT2D eigenvalue weighted by atomic mass is 32.1. The van der Waals surface area contributed by atoms with Crippen molar-refractivity contribution in [2.45, 2.75) is 0 Å². The van der Waals surface area contributed by atoms with Gasteiger partial charge in [-0.2, -0.15) is 4.98 Å². The summed E-state index contributed by atoms with van der Waals surface area (Å²) in [6.07, 6.45) is -1.03. The average molecular weight is 228 g/mol. The minimum atomic E-state index is -1.03. The number of carbonyl (C=O) groups excluding carboxylic acids is 1. The van der Waals surface area contributed by atoms with Crippen LogP contribution in [0.3, 0.4) is 0 Å². The predicted molar refractivity (Wildman–Crippen MR) is 51.5 cm³/mol. The SMILES string of the molecule is NC(=O)Oc1nc2c(O)ccc(F)c2s1. The fourth-order valence-electron chi connectivity index (χ4n) is 1.07. The maximum atomic E-state index is 13.2. The number of rotatable bonds is 1. The molecule has 0 saturated heterocycles. The second-order valence-electron chi connectivity index (χ2n) is 2.65. The topological polar surface area (TPSA) is 85.4 Å². The summed E-state index contributed by atoms with van der Waals surface area (Å²) in [6.45, 7) is 0. The molecule has 1 aromatic heterocycles. The molecule has 0 aliphatic rings. The number of thiazole rings is 1. The van der Waals surface area contributed by atoms with Crippen LogP contribution in [0.1, 0.15) is 0 Å². The number of carbonyl (C=O) groups is 1. The second kappa shape index (κ2) is 3.35. The van der Waals surface area contributed by atoms with Gasteiger partial charge in [0.15, 0.2) is 0 Å². The predicted octanol–water partition coefficient (Wildman–Crippen LogP) is 1.60. The molecular formula is C8H5FN2O3S. The number of nitrogens with two attached hydrogens (primary N) is 1. The Morgan fingerprint density at radius 1 is 1.60 bits per heavy atom. The molecule has 0 atom stereocenters. The van der Waals surface area contributed by atoms with E-state index in [4.69, 9.17) is 5.73 Å². The van der Waals surface area contributed by atoms with Gasteiger partial charge in [0.1, 0.15) is 17.1 Å². The van der Waals surface area contributed by atoms with Gasteiger partial charge < -0.3 is 15.6 Å². The molecule has 3 N–H and O–H groups in total. The lowest BCUT2D eigenvalue weighted by atomic mass is 10.3. The Balaban J connectivity index is 2.59. The minimum absolute atomic E-state index is 0.0521. The first-order valence-electron chi connectivity index (χ1n) is 3.83. The number of amides is 1. The fourth-order valence-corrected chi connectivity index (χ4v) is 1.92. The quantitative estimate of drug-likeness (QED) is 0.776. The molecule has 0 aliphatic carbocycles. The summed E-state index contributed by atoms with van der Waals surface area (Å²) >= 11 is 0.797. The zero-order valence-corrected chi connectivity index (χ0v) is 8.05. The van der Waals surface area contributed by atoms with Crippen LogP contribution in [0, 0.1) is 5.82 Å². The zero-order valence-electron chi connectivity index (χ0n) is 7.23. The van der Waals surface area contributed by atoms with Gasteiger partial charge >= 0.3 is 6.09 Å². The summed E-state index contributed by atoms with van der Waals surface area (Å²) in [5.41, 5.74) is 4.82. The molecule has 0 radical (unpaired) electrons. The van der Waals surface area contributed by atoms with E-state index < -0.39 is 11.9 Å². The number of phenols is 1. The Morgan fingerprint density at radius 2 is 2.33 bits per heavy atom. The van der Waals surface area contributed by atoms with Gasteiger partial charge in [0.25, 0.3) is 5.19 Å². The largest absolute Gasteiger partial charge is 0.506 e. The number of aromatic nitrogens is 1. The molecule has 0 bridgehead atoms. The number of phenolic OH excluding ortho intramolecular Hbond substituents is 1. The Hall–Kier alpha value is -1.89. The molecule has 0 spiro atoms. The van der Waals surface area contributed by atoms with Gasteiger partial charge in [-0.1, -0.05) is 11.3 Å². The summed E-state index contributed by atoms with van der Waals surface area (Å²) < 4.78 is 17.8. The monoisotopic (exact) mass is 228 g/mol. The van der Waals surface area contributed by atoms with Crippen molar-refractivity contribution in [2.24, 2.45) is 5.73 Å². The number of halogens is 1. The van der Waals surface area contributed by atoms with Crippen LogP contribution in [0.5, 0.6) is 10.9 Å². The van der Waals surface area contributed by atoms with E-state index in [1.54, 1.807) is 0 Å². The van der Waals surface area contributed by atoms with E-state index in [-0.39, 0.29) is 21.2 Å². The molecule has 0 aliphatic heterocycles. The van der Waals surface area contributed by atoms with E-state index in [1.807, 2.05) is 0 Å². The number of primary amides is 1. The zero-order chi connectivity index (χ0) is 11.0. The molecule has 0 fully saturated rings. The number of nitrogens with zero attached hydrogens (tertiary/aromatic N) is 1. The number of ether oxygens (including phenoxy) is 1. The number of aromatic hydroxyl groups is 1. The van der Waals surface area contributed by atoms with Crippen molar-refractivity contribution in [1.82, 2.24) is 4.98 Å². The highest BCUT2D eigenvalue weighted by Gasteiger charge is 2.13. The van der Waals surface area contributed by atoms with Gasteiger partial charge in [-0.25, -0.2) is 9.18 Å². The van der Waals surface area contributed by atoms with Gasteiger partial charge in [0, 0.05) is 0 Å². The first-order chi connectivity index (χ1) is 7.08. The lowest BCUT2D eigenvalue weighted by Gasteiger charge is -1.92. The molecule has 1 amide bonds. The highest BCUT2D eigenvalue weighted by molar-refractivity contribution is 7.20. The van der Waals surface area contributed by atoms with Crippen molar-refractivity contribution in [3.8, 4) is 10.9 Å². The molecule has 5 nitrogen and oxygen atoms in total. The average Bonchev–Trinajstić information content (AvgIpc) is 2.55. The molecule has 0 saturated carbocycles. The maximum Gasteiger partial charge on any atom is 0.411 e. The molecule has 78 valence electrons. The van der Waals surface area contributed by atoms with E-state index in [2.05, 4.69) is 9.72 Å². The summed E-state index contributed by atoms with van der Waals surface area (Å²) in [5, 5.41) is 9.25. The summed E-state index contributed by atoms with van der Waals surface area (Å²) in [5.74, 6) is -0.721. The van der Waals surface area contributed by atoms with Crippen molar-refractivity contribution < 1.29 is 19.0 Å². The lowest BCUT2D eigenvalue weighted by Crippen LogP contribution is -2.15. The maximum absolute atomic E-state index is 13.2. The highest BCUT2D eigenvalue weighted by Crippen LogP contribution is 2.34. The second-order valence-corrected chi connectivity index (χ2v) is 3.61. The number of benzene rings is 1. The molecule has 1 heterocycles. The summed E-state index contributed by atoms with van der Waals surface area (Å²) in [7, 11) is 0. The van der Waals surface area contributed by atoms with Gasteiger partial charge in [-0.05, 0) is 12.1 Å². The van der Waals surface area contributed by atoms with E-state index in [0.717, 1.165) is 17.4 Å². The van der Waals surface area contributed by atoms with Crippen molar-refractivity contribution in [2.75, 3.05) is 0 Å². The Morgan fingerprint density at radius 3 is 2.93 bits per heavy atom. The molecule has 2 rings (SSSR count). The van der Waals surface area contributed by atoms with Crippen LogP contribution in [0.15, 0.2) is 12.1 Å². The standard InChI is InChI=1S/C8H5FN2O3S/c9-3-1-2-4(12)5-6(3)15-8(11-5)14-7(10)13/h1-2,12H,(H2,10,13). The normalized spacial score (nSPS) is 10.5. The first kappa shape index (κ1) is 9.66. The molecular weight excluding hydrogens is 223 g/mol. The van der Waals surface area contributed by atoms with Crippen LogP contribution in [0.25, 0.3) is 10.2 Å². The first-order valence-corrected chi connectivity index (χ1v) is 4.65. The van der Waals surface area contributed by atoms with Crippen molar-refractivity contribution in [3.05, 3.63) is 17.9 Å². The van der Waals surface area contributed by atoms with Crippen LogP contribution in [0.4, 0.5) is 9.18 Å². The molecule has 15 heavy (non-hydrogen) atoms. The van der Waals surface area contributed by atoms with Crippen LogP contribution in [-0.4, -0.2) is 16.2 Å². The summed E-state index contributed by atoms with van der Waals surface area (Å²) in [6, 6.07) is 2.27. The van der Waals surface area contributed by atoms with Crippen molar-refractivity contribution >= 4 is 27.6 Å². The Labute approximate surface area is 86.9 Å². The smallest absolute Gasteiger partial charge is 0.411 e. The third-order valence-corrected chi connectivity index (χ3v) is 2.58. The van der Waals surface area contributed by atoms with Crippen molar-refractivity contribution in [1.29, 1.82) is 0 Å². The number of hydrogen-bond acceptors (Lipinski definition) is 5. The van der Waals surface area contributed by atoms with Crippen LogP contribution in [0.2, 0.25) is 0 Å². The van der Waals surface area contributed by atoms with E-state index in [9.17, 15) is 14.3 Å².